The Morgan fingerprint density at radius 1 is 0.893 bits per heavy atom. The van der Waals surface area contributed by atoms with Gasteiger partial charge in [-0.05, 0) is 5.46 Å². The largest absolute Gasteiger partial charge is 1.00 e. The molecule has 1 heterocycles. The van der Waals surface area contributed by atoms with Crippen LogP contribution in [0.5, 0.6) is 0 Å². The van der Waals surface area contributed by atoms with Gasteiger partial charge in [-0.1, -0.05) is 38.1 Å². The summed E-state index contributed by atoms with van der Waals surface area (Å²) in [4.78, 5) is 0. The predicted molar refractivity (Wildman–Crippen MR) is 101 cm³/mol. The third-order valence-electron chi connectivity index (χ3n) is 4.61. The molecule has 0 atom stereocenters. The summed E-state index contributed by atoms with van der Waals surface area (Å²) >= 11 is 0. The third-order valence-corrected chi connectivity index (χ3v) is 4.61. The van der Waals surface area contributed by atoms with E-state index in [0.29, 0.717) is 0 Å². The fourth-order valence-electron chi connectivity index (χ4n) is 2.98. The molecule has 9 heteroatoms. The molecule has 7 N–H and O–H groups in total. The molecule has 164 valence electrons. The maximum absolute atomic E-state index is 5.84. The van der Waals surface area contributed by atoms with Crippen molar-refractivity contribution in [2.75, 3.05) is 39.4 Å². The van der Waals surface area contributed by atoms with Crippen LogP contribution in [0.2, 0.25) is 0 Å². The van der Waals surface area contributed by atoms with E-state index in [1.165, 1.54) is 44.5 Å². The minimum Gasteiger partial charge on any atom is -1.00 e. The topological polar surface area (TPSA) is 79.3 Å². The molecule has 1 aliphatic rings. The Kier molecular flexibility index (Phi) is 18.0. The molecule has 0 aliphatic carbocycles. The van der Waals surface area contributed by atoms with Gasteiger partial charge in [0, 0.05) is 43.5 Å². The molecule has 5 nitrogen and oxygen atoms in total. The lowest BCUT2D eigenvalue weighted by Crippen LogP contribution is -3.00. The summed E-state index contributed by atoms with van der Waals surface area (Å²) in [6.45, 7) is 11.6. The van der Waals surface area contributed by atoms with Crippen molar-refractivity contribution in [1.82, 2.24) is 0 Å². The second-order valence-corrected chi connectivity index (χ2v) is 7.92. The molecule has 0 unspecified atom stereocenters. The van der Waals surface area contributed by atoms with Crippen LogP contribution in [0.15, 0.2) is 24.3 Å². The molecule has 1 fully saturated rings. The molecule has 0 saturated carbocycles. The highest BCUT2D eigenvalue weighted by Crippen LogP contribution is 2.21. The molecule has 0 aromatic heterocycles. The number of unbranched alkanes of at least 4 members (excludes halogenated alkanes) is 1. The Balaban J connectivity index is 0. The van der Waals surface area contributed by atoms with Crippen LogP contribution in [0.3, 0.4) is 0 Å². The second-order valence-electron chi connectivity index (χ2n) is 7.92. The van der Waals surface area contributed by atoms with Crippen molar-refractivity contribution in [3.63, 3.8) is 0 Å². The lowest BCUT2D eigenvalue weighted by Gasteiger charge is -2.33. The van der Waals surface area contributed by atoms with Gasteiger partial charge in [0.2, 0.25) is 0 Å². The fourth-order valence-corrected chi connectivity index (χ4v) is 2.98. The van der Waals surface area contributed by atoms with Crippen LogP contribution >= 0.6 is 0 Å². The van der Waals surface area contributed by atoms with Gasteiger partial charge in [0.25, 0.3) is 0 Å². The van der Waals surface area contributed by atoms with Crippen LogP contribution in [0.25, 0.3) is 0 Å². The standard InChI is InChI=1S/C19H34BN3O2.3ClH/c1-19(2)15-24-20(25-16-19)18-8-6-17(7-9-18)14-23-13-5-12-22-11-4-3-10-21;;;/h6-9,22-23H,3-5,10-16,21H2,1-2H3;3*1H. The van der Waals surface area contributed by atoms with Crippen molar-refractivity contribution in [3.8, 4) is 0 Å². The lowest BCUT2D eigenvalue weighted by atomic mass is 9.76. The van der Waals surface area contributed by atoms with E-state index in [1.54, 1.807) is 0 Å². The van der Waals surface area contributed by atoms with Crippen molar-refractivity contribution in [3.05, 3.63) is 29.8 Å². The molecule has 0 bridgehead atoms. The summed E-state index contributed by atoms with van der Waals surface area (Å²) < 4.78 is 11.7. The molecular weight excluding hydrogens is 419 g/mol. The highest BCUT2D eigenvalue weighted by Gasteiger charge is 2.33. The number of quaternary nitrogens is 3. The first kappa shape index (κ1) is 30.2. The second kappa shape index (κ2) is 16.7. The number of rotatable bonds is 11. The van der Waals surface area contributed by atoms with E-state index in [9.17, 15) is 0 Å². The molecule has 0 radical (unpaired) electrons. The normalized spacial score (nSPS) is 15.2. The highest BCUT2D eigenvalue weighted by molar-refractivity contribution is 6.61. The van der Waals surface area contributed by atoms with Gasteiger partial charge in [0.15, 0.2) is 0 Å². The van der Waals surface area contributed by atoms with E-state index in [2.05, 4.69) is 54.5 Å². The average molecular weight is 457 g/mol. The van der Waals surface area contributed by atoms with Crippen LogP contribution in [-0.4, -0.2) is 46.5 Å². The van der Waals surface area contributed by atoms with E-state index in [-0.39, 0.29) is 49.8 Å². The summed E-state index contributed by atoms with van der Waals surface area (Å²) in [5, 5.41) is 4.83. The van der Waals surface area contributed by atoms with E-state index < -0.39 is 0 Å². The third kappa shape index (κ3) is 11.8. The maximum Gasteiger partial charge on any atom is 0.493 e. The fraction of sp³-hybridized carbons (Fsp3) is 0.684. The van der Waals surface area contributed by atoms with Gasteiger partial charge in [-0.15, -0.1) is 0 Å². The van der Waals surface area contributed by atoms with E-state index >= 15 is 0 Å². The van der Waals surface area contributed by atoms with Gasteiger partial charge in [0.05, 0.1) is 26.2 Å². The minimum absolute atomic E-state index is 0. The molecule has 1 aromatic rings. The highest BCUT2D eigenvalue weighted by atomic mass is 35.5. The van der Waals surface area contributed by atoms with E-state index in [4.69, 9.17) is 9.31 Å². The number of halogens is 3. The average Bonchev–Trinajstić information content (AvgIpc) is 2.61. The van der Waals surface area contributed by atoms with Gasteiger partial charge in [-0.3, -0.25) is 0 Å². The first-order chi connectivity index (χ1) is 12.1. The summed E-state index contributed by atoms with van der Waals surface area (Å²) in [5.41, 5.74) is 6.48. The molecule has 1 aliphatic heterocycles. The Bertz CT molecular complexity index is 486. The Morgan fingerprint density at radius 3 is 2.07 bits per heavy atom. The van der Waals surface area contributed by atoms with Gasteiger partial charge < -0.3 is 62.9 Å². The first-order valence-electron chi connectivity index (χ1n) is 9.85. The van der Waals surface area contributed by atoms with Crippen LogP contribution in [0.4, 0.5) is 0 Å². The van der Waals surface area contributed by atoms with Gasteiger partial charge >= 0.3 is 7.12 Å². The molecule has 1 aromatic carbocycles. The summed E-state index contributed by atoms with van der Waals surface area (Å²) in [5.74, 6) is 0. The molecule has 0 spiro atoms. The number of benzene rings is 1. The van der Waals surface area contributed by atoms with E-state index in [1.807, 2.05) is 0 Å². The van der Waals surface area contributed by atoms with Gasteiger partial charge in [0.1, 0.15) is 6.54 Å². The maximum atomic E-state index is 5.84. The zero-order valence-electron chi connectivity index (χ0n) is 17.3. The number of hydrogen-bond acceptors (Lipinski definition) is 2. The van der Waals surface area contributed by atoms with E-state index in [0.717, 1.165) is 31.8 Å². The zero-order chi connectivity index (χ0) is 18.0. The minimum atomic E-state index is -0.204. The van der Waals surface area contributed by atoms with Crippen molar-refractivity contribution >= 4 is 12.6 Å². The molecule has 2 rings (SSSR count). The zero-order valence-corrected chi connectivity index (χ0v) is 19.5. The Labute approximate surface area is 189 Å². The molecule has 28 heavy (non-hydrogen) atoms. The first-order valence-corrected chi connectivity index (χ1v) is 9.85. The number of nitrogens with two attached hydrogens (primary N) is 2. The molecule has 0 amide bonds. The molecular formula is C19H37BCl3N3O2. The van der Waals surface area contributed by atoms with Crippen molar-refractivity contribution in [2.45, 2.75) is 39.7 Å². The van der Waals surface area contributed by atoms with Crippen molar-refractivity contribution in [2.24, 2.45) is 5.41 Å². The Morgan fingerprint density at radius 2 is 1.46 bits per heavy atom. The summed E-state index contributed by atoms with van der Waals surface area (Å²) in [7, 11) is -0.204. The number of hydrogen-bond donors (Lipinski definition) is 3. The monoisotopic (exact) mass is 455 g/mol. The quantitative estimate of drug-likeness (QED) is 0.228. The summed E-state index contributed by atoms with van der Waals surface area (Å²) in [6.07, 6.45) is 3.82. The SMILES string of the molecule is CC1(C)COB(c2ccc(C[NH2+]CCC[NH2+]CCCC[NH3+])cc2)OC1.[Cl-].[Cl-].[Cl-]. The van der Waals surface area contributed by atoms with Gasteiger partial charge in [-0.2, -0.15) is 0 Å². The Hall–Kier alpha value is -0.0451. The van der Waals surface area contributed by atoms with Crippen molar-refractivity contribution < 1.29 is 62.9 Å². The van der Waals surface area contributed by atoms with Crippen LogP contribution in [-0.2, 0) is 15.9 Å². The summed E-state index contributed by atoms with van der Waals surface area (Å²) in [6, 6.07) is 8.68. The van der Waals surface area contributed by atoms with Crippen LogP contribution in [0.1, 0.15) is 38.7 Å². The van der Waals surface area contributed by atoms with Crippen LogP contribution in [0, 0.1) is 5.41 Å². The van der Waals surface area contributed by atoms with Crippen molar-refractivity contribution in [1.29, 1.82) is 0 Å². The van der Waals surface area contributed by atoms with Crippen LogP contribution < -0.4 is 59.1 Å². The predicted octanol–water partition coefficient (Wildman–Crippen LogP) is -10.5. The lowest BCUT2D eigenvalue weighted by molar-refractivity contribution is -0.689. The van der Waals surface area contributed by atoms with Gasteiger partial charge in [-0.25, -0.2) is 0 Å². The molecule has 1 saturated heterocycles. The smallest absolute Gasteiger partial charge is 0.493 e.